The van der Waals surface area contributed by atoms with Crippen LogP contribution in [0, 0.1) is 0 Å². The van der Waals surface area contributed by atoms with E-state index >= 15 is 0 Å². The van der Waals surface area contributed by atoms with Crippen LogP contribution >= 0.6 is 0 Å². The number of likely N-dealkylation sites (N-methyl/N-ethyl adjacent to an activating group) is 1. The van der Waals surface area contributed by atoms with Gasteiger partial charge in [-0.1, -0.05) is 6.58 Å². The van der Waals surface area contributed by atoms with E-state index in [1.807, 2.05) is 25.2 Å². The Labute approximate surface area is 113 Å². The van der Waals surface area contributed by atoms with Gasteiger partial charge in [-0.05, 0) is 13.1 Å². The molecule has 0 aromatic carbocycles. The molecule has 0 unspecified atom stereocenters. The van der Waals surface area contributed by atoms with Crippen molar-refractivity contribution in [3.63, 3.8) is 0 Å². The maximum atomic E-state index is 11.5. The number of carbonyl (C=O) groups excluding carboxylic acids is 1. The highest BCUT2D eigenvalue weighted by Gasteiger charge is 2.10. The van der Waals surface area contributed by atoms with Crippen molar-refractivity contribution in [2.75, 3.05) is 20.7 Å². The summed E-state index contributed by atoms with van der Waals surface area (Å²) < 4.78 is 6.60. The second kappa shape index (κ2) is 7.25. The number of ether oxygens (including phenoxy) is 1. The third kappa shape index (κ3) is 4.50. The second-order valence-corrected chi connectivity index (χ2v) is 4.05. The van der Waals surface area contributed by atoms with Gasteiger partial charge in [0.2, 0.25) is 0 Å². The highest BCUT2D eigenvalue weighted by atomic mass is 16.5. The fourth-order valence-corrected chi connectivity index (χ4v) is 1.41. The monoisotopic (exact) mass is 264 g/mol. The molecule has 0 atom stereocenters. The molecule has 0 aliphatic rings. The molecule has 6 heteroatoms. The summed E-state index contributed by atoms with van der Waals surface area (Å²) in [6.45, 7) is 6.27. The number of carbonyl (C=O) groups is 1. The van der Waals surface area contributed by atoms with Crippen LogP contribution in [0.5, 0.6) is 0 Å². The topological polar surface area (TPSA) is 59.4 Å². The molecule has 0 fully saturated rings. The highest BCUT2D eigenvalue weighted by Crippen LogP contribution is 2.05. The van der Waals surface area contributed by atoms with Crippen LogP contribution in [0.2, 0.25) is 0 Å². The fourth-order valence-electron chi connectivity index (χ4n) is 1.41. The summed E-state index contributed by atoms with van der Waals surface area (Å²) in [5.41, 5.74) is 1.45. The Kier molecular flexibility index (Phi) is 5.66. The first-order valence-corrected chi connectivity index (χ1v) is 6.01. The molecular formula is C13H20N4O2. The predicted molar refractivity (Wildman–Crippen MR) is 73.3 cm³/mol. The van der Waals surface area contributed by atoms with Gasteiger partial charge in [0.15, 0.2) is 0 Å². The van der Waals surface area contributed by atoms with E-state index in [4.69, 9.17) is 4.74 Å². The molecule has 0 bridgehead atoms. The molecule has 0 spiro atoms. The molecule has 0 aliphatic carbocycles. The van der Waals surface area contributed by atoms with Gasteiger partial charge in [-0.15, -0.1) is 0 Å². The maximum Gasteiger partial charge on any atom is 0.341 e. The summed E-state index contributed by atoms with van der Waals surface area (Å²) in [6.07, 6.45) is 6.60. The van der Waals surface area contributed by atoms with Gasteiger partial charge in [-0.25, -0.2) is 4.79 Å². The van der Waals surface area contributed by atoms with Crippen molar-refractivity contribution in [3.05, 3.63) is 42.6 Å². The molecule has 6 nitrogen and oxygen atoms in total. The first-order valence-electron chi connectivity index (χ1n) is 6.01. The van der Waals surface area contributed by atoms with Gasteiger partial charge < -0.3 is 15.0 Å². The average Bonchev–Trinajstić information content (AvgIpc) is 2.83. The zero-order chi connectivity index (χ0) is 14.3. The summed E-state index contributed by atoms with van der Waals surface area (Å²) in [5, 5.41) is 7.07. The standard InChI is InChI=1S/C13H20N4O2/c1-5-14-8-12(16(3)4)10-17-9-11(7-15-17)13(18)19-6-2/h5,7-9,14H,1,6,10H2,2-4H3/b12-8-. The number of aromatic nitrogens is 2. The normalized spacial score (nSPS) is 11.0. The number of esters is 1. The Morgan fingerprint density at radius 3 is 2.95 bits per heavy atom. The predicted octanol–water partition coefficient (Wildman–Crippen LogP) is 1.20. The smallest absolute Gasteiger partial charge is 0.341 e. The summed E-state index contributed by atoms with van der Waals surface area (Å²) >= 11 is 0. The first kappa shape index (κ1) is 14.8. The van der Waals surface area contributed by atoms with E-state index in [0.717, 1.165) is 5.70 Å². The number of nitrogens with one attached hydrogen (secondary N) is 1. The van der Waals surface area contributed by atoms with Crippen LogP contribution in [0.3, 0.4) is 0 Å². The van der Waals surface area contributed by atoms with Crippen LogP contribution in [0.15, 0.2) is 37.1 Å². The molecule has 0 amide bonds. The molecule has 0 aliphatic heterocycles. The van der Waals surface area contributed by atoms with E-state index in [0.29, 0.717) is 18.7 Å². The molecule has 1 aromatic rings. The van der Waals surface area contributed by atoms with Gasteiger partial charge in [0.1, 0.15) is 0 Å². The molecule has 0 radical (unpaired) electrons. The van der Waals surface area contributed by atoms with Gasteiger partial charge in [0, 0.05) is 26.5 Å². The summed E-state index contributed by atoms with van der Waals surface area (Å²) in [5.74, 6) is -0.353. The molecule has 1 heterocycles. The van der Waals surface area contributed by atoms with E-state index in [2.05, 4.69) is 17.0 Å². The van der Waals surface area contributed by atoms with Crippen LogP contribution < -0.4 is 5.32 Å². The molecule has 1 rings (SSSR count). The van der Waals surface area contributed by atoms with Crippen molar-refractivity contribution < 1.29 is 9.53 Å². The lowest BCUT2D eigenvalue weighted by atomic mass is 10.3. The summed E-state index contributed by atoms with van der Waals surface area (Å²) in [6, 6.07) is 0. The van der Waals surface area contributed by atoms with E-state index in [9.17, 15) is 4.79 Å². The lowest BCUT2D eigenvalue weighted by Gasteiger charge is -2.17. The third-order valence-corrected chi connectivity index (χ3v) is 2.41. The lowest BCUT2D eigenvalue weighted by Crippen LogP contribution is -2.18. The zero-order valence-electron chi connectivity index (χ0n) is 11.6. The number of allylic oxidation sites excluding steroid dienone is 1. The lowest BCUT2D eigenvalue weighted by molar-refractivity contribution is 0.0526. The van der Waals surface area contributed by atoms with Crippen molar-refractivity contribution in [2.45, 2.75) is 13.5 Å². The van der Waals surface area contributed by atoms with Crippen molar-refractivity contribution in [1.29, 1.82) is 0 Å². The van der Waals surface area contributed by atoms with Crippen LogP contribution in [-0.2, 0) is 11.3 Å². The van der Waals surface area contributed by atoms with Gasteiger partial charge in [-0.3, -0.25) is 4.68 Å². The molecule has 0 saturated carbocycles. The van der Waals surface area contributed by atoms with Crippen LogP contribution in [-0.4, -0.2) is 41.4 Å². The average molecular weight is 264 g/mol. The number of hydrogen-bond donors (Lipinski definition) is 1. The van der Waals surface area contributed by atoms with Gasteiger partial charge in [0.05, 0.1) is 30.6 Å². The van der Waals surface area contributed by atoms with Gasteiger partial charge >= 0.3 is 5.97 Å². The minimum Gasteiger partial charge on any atom is -0.462 e. The van der Waals surface area contributed by atoms with Crippen LogP contribution in [0.4, 0.5) is 0 Å². The third-order valence-electron chi connectivity index (χ3n) is 2.41. The van der Waals surface area contributed by atoms with Crippen LogP contribution in [0.25, 0.3) is 0 Å². The van der Waals surface area contributed by atoms with Gasteiger partial charge in [-0.2, -0.15) is 5.10 Å². The number of nitrogens with zero attached hydrogens (tertiary/aromatic N) is 3. The molecule has 104 valence electrons. The largest absolute Gasteiger partial charge is 0.462 e. The Bertz CT molecular complexity index is 463. The van der Waals surface area contributed by atoms with E-state index in [-0.39, 0.29) is 5.97 Å². The minimum absolute atomic E-state index is 0.353. The van der Waals surface area contributed by atoms with Crippen molar-refractivity contribution >= 4 is 5.97 Å². The quantitative estimate of drug-likeness (QED) is 0.750. The van der Waals surface area contributed by atoms with E-state index in [1.54, 1.807) is 24.0 Å². The van der Waals surface area contributed by atoms with Crippen LogP contribution in [0.1, 0.15) is 17.3 Å². The number of rotatable bonds is 7. The van der Waals surface area contributed by atoms with Gasteiger partial charge in [0.25, 0.3) is 0 Å². The molecule has 19 heavy (non-hydrogen) atoms. The molecule has 1 aromatic heterocycles. The Morgan fingerprint density at radius 1 is 1.63 bits per heavy atom. The summed E-state index contributed by atoms with van der Waals surface area (Å²) in [4.78, 5) is 13.5. The zero-order valence-corrected chi connectivity index (χ0v) is 11.6. The second-order valence-electron chi connectivity index (χ2n) is 4.05. The Balaban J connectivity index is 2.75. The van der Waals surface area contributed by atoms with Crippen molar-refractivity contribution in [2.24, 2.45) is 0 Å². The molecule has 0 saturated heterocycles. The minimum atomic E-state index is -0.353. The SMILES string of the molecule is C=CN/C=C(/Cn1cc(C(=O)OCC)cn1)N(C)C. The first-order chi connectivity index (χ1) is 9.08. The highest BCUT2D eigenvalue weighted by molar-refractivity contribution is 5.88. The molecule has 1 N–H and O–H groups in total. The maximum absolute atomic E-state index is 11.5. The van der Waals surface area contributed by atoms with Crippen molar-refractivity contribution in [3.8, 4) is 0 Å². The fraction of sp³-hybridized carbons (Fsp3) is 0.385. The molecular weight excluding hydrogens is 244 g/mol. The van der Waals surface area contributed by atoms with E-state index in [1.165, 1.54) is 6.20 Å². The van der Waals surface area contributed by atoms with E-state index < -0.39 is 0 Å². The Hall–Kier alpha value is -2.24. The Morgan fingerprint density at radius 2 is 2.37 bits per heavy atom. The summed E-state index contributed by atoms with van der Waals surface area (Å²) in [7, 11) is 3.87. The number of hydrogen-bond acceptors (Lipinski definition) is 5. The van der Waals surface area contributed by atoms with Crippen molar-refractivity contribution in [1.82, 2.24) is 20.0 Å².